The van der Waals surface area contributed by atoms with E-state index in [4.69, 9.17) is 5.73 Å². The van der Waals surface area contributed by atoms with Gasteiger partial charge >= 0.3 is 5.97 Å². The van der Waals surface area contributed by atoms with Crippen LogP contribution in [0.2, 0.25) is 0 Å². The van der Waals surface area contributed by atoms with Gasteiger partial charge in [0.25, 0.3) is 0 Å². The maximum absolute atomic E-state index is 12.6. The molecule has 0 spiro atoms. The van der Waals surface area contributed by atoms with Crippen LogP contribution in [0.15, 0.2) is 14.7 Å². The highest BCUT2D eigenvalue weighted by Crippen LogP contribution is 2.35. The van der Waals surface area contributed by atoms with Gasteiger partial charge in [0.15, 0.2) is 0 Å². The normalized spacial score (nSPS) is 17.9. The lowest BCUT2D eigenvalue weighted by Crippen LogP contribution is -2.51. The molecule has 0 aromatic carbocycles. The molecule has 0 unspecified atom stereocenters. The Morgan fingerprint density at radius 3 is 2.67 bits per heavy atom. The van der Waals surface area contributed by atoms with Crippen LogP contribution in [0.1, 0.15) is 35.4 Å². The zero-order valence-electron chi connectivity index (χ0n) is 11.5. The number of rotatable bonds is 5. The molecule has 3 N–H and O–H groups in total. The Kier molecular flexibility index (Phi) is 5.09. The average molecular weight is 397 g/mol. The van der Waals surface area contributed by atoms with Gasteiger partial charge in [0.2, 0.25) is 10.0 Å². The van der Waals surface area contributed by atoms with Crippen molar-refractivity contribution in [3.63, 3.8) is 0 Å². The van der Waals surface area contributed by atoms with Crippen molar-refractivity contribution in [3.05, 3.63) is 14.7 Å². The predicted octanol–water partition coefficient (Wildman–Crippen LogP) is 1.85. The Labute approximate surface area is 136 Å². The van der Waals surface area contributed by atoms with E-state index in [1.807, 2.05) is 0 Å². The van der Waals surface area contributed by atoms with Crippen molar-refractivity contribution in [2.75, 3.05) is 13.7 Å². The van der Waals surface area contributed by atoms with Crippen LogP contribution in [0.5, 0.6) is 0 Å². The number of hydrogen-bond acceptors (Lipinski definition) is 6. The van der Waals surface area contributed by atoms with E-state index in [-0.39, 0.29) is 16.3 Å². The first-order valence-electron chi connectivity index (χ1n) is 6.45. The first-order valence-corrected chi connectivity index (χ1v) is 9.54. The summed E-state index contributed by atoms with van der Waals surface area (Å²) in [6.45, 7) is 0.262. The smallest absolute Gasteiger partial charge is 0.348 e. The fourth-order valence-electron chi connectivity index (χ4n) is 2.48. The standard InChI is InChI=1S/C12H17BrN2O4S2/c1-19-11(16)8-6-9(10(13)20-8)21(17,18)15-12(7-14)4-2-3-5-12/h6,15H,2-5,7,14H2,1H3. The van der Waals surface area contributed by atoms with E-state index in [1.165, 1.54) is 13.2 Å². The molecule has 6 nitrogen and oxygen atoms in total. The summed E-state index contributed by atoms with van der Waals surface area (Å²) in [7, 11) is -2.49. The van der Waals surface area contributed by atoms with Gasteiger partial charge in [0.1, 0.15) is 9.77 Å². The van der Waals surface area contributed by atoms with E-state index in [0.717, 1.165) is 37.0 Å². The summed E-state index contributed by atoms with van der Waals surface area (Å²) in [5.74, 6) is -0.559. The van der Waals surface area contributed by atoms with Gasteiger partial charge in [-0.05, 0) is 34.8 Å². The van der Waals surface area contributed by atoms with Crippen molar-refractivity contribution in [3.8, 4) is 0 Å². The highest BCUT2D eigenvalue weighted by molar-refractivity contribution is 9.11. The molecule has 0 saturated heterocycles. The lowest BCUT2D eigenvalue weighted by Gasteiger charge is -2.28. The number of esters is 1. The molecule has 2 rings (SSSR count). The van der Waals surface area contributed by atoms with Gasteiger partial charge in [-0.2, -0.15) is 0 Å². The quantitative estimate of drug-likeness (QED) is 0.739. The molecule has 0 bridgehead atoms. The Bertz CT molecular complexity index is 636. The summed E-state index contributed by atoms with van der Waals surface area (Å²) in [4.78, 5) is 11.8. The van der Waals surface area contributed by atoms with E-state index in [0.29, 0.717) is 3.79 Å². The molecule has 0 radical (unpaired) electrons. The van der Waals surface area contributed by atoms with Crippen LogP contribution in [0.25, 0.3) is 0 Å². The molecule has 1 aromatic rings. The molecule has 1 heterocycles. The summed E-state index contributed by atoms with van der Waals surface area (Å²) in [5, 5.41) is 0. The fourth-order valence-corrected chi connectivity index (χ4v) is 6.43. The highest BCUT2D eigenvalue weighted by atomic mass is 79.9. The molecular formula is C12H17BrN2O4S2. The fraction of sp³-hybridized carbons (Fsp3) is 0.583. The molecule has 118 valence electrons. The monoisotopic (exact) mass is 396 g/mol. The van der Waals surface area contributed by atoms with Gasteiger partial charge in [0.05, 0.1) is 10.9 Å². The summed E-state index contributed by atoms with van der Waals surface area (Å²) in [6.07, 6.45) is 3.37. The van der Waals surface area contributed by atoms with E-state index < -0.39 is 21.5 Å². The van der Waals surface area contributed by atoms with Crippen LogP contribution in [-0.4, -0.2) is 33.6 Å². The van der Waals surface area contributed by atoms with Crippen molar-refractivity contribution >= 4 is 43.3 Å². The van der Waals surface area contributed by atoms with Crippen molar-refractivity contribution in [1.29, 1.82) is 0 Å². The number of sulfonamides is 1. The van der Waals surface area contributed by atoms with Gasteiger partial charge in [-0.15, -0.1) is 11.3 Å². The Morgan fingerprint density at radius 1 is 1.52 bits per heavy atom. The van der Waals surface area contributed by atoms with Gasteiger partial charge in [0, 0.05) is 12.1 Å². The molecule has 1 aliphatic carbocycles. The average Bonchev–Trinajstić information content (AvgIpc) is 3.05. The van der Waals surface area contributed by atoms with Crippen molar-refractivity contribution in [2.45, 2.75) is 36.1 Å². The highest BCUT2D eigenvalue weighted by Gasteiger charge is 2.38. The van der Waals surface area contributed by atoms with E-state index in [1.54, 1.807) is 0 Å². The molecule has 1 fully saturated rings. The van der Waals surface area contributed by atoms with Gasteiger partial charge in [-0.3, -0.25) is 0 Å². The third kappa shape index (κ3) is 3.48. The van der Waals surface area contributed by atoms with Crippen molar-refractivity contribution in [1.82, 2.24) is 4.72 Å². The number of carbonyl (C=O) groups excluding carboxylic acids is 1. The number of nitrogens with two attached hydrogens (primary N) is 1. The Balaban J connectivity index is 2.31. The molecule has 1 aromatic heterocycles. The van der Waals surface area contributed by atoms with Crippen LogP contribution in [0, 0.1) is 0 Å². The summed E-state index contributed by atoms with van der Waals surface area (Å²) < 4.78 is 32.8. The maximum Gasteiger partial charge on any atom is 0.348 e. The number of ether oxygens (including phenoxy) is 1. The number of carbonyl (C=O) groups is 1. The summed E-state index contributed by atoms with van der Waals surface area (Å²) in [5.41, 5.74) is 5.18. The minimum atomic E-state index is -3.74. The second-order valence-corrected chi connectivity index (χ2v) is 9.06. The molecule has 0 amide bonds. The number of halogens is 1. The number of hydrogen-bond donors (Lipinski definition) is 2. The lowest BCUT2D eigenvalue weighted by molar-refractivity contribution is 0.0606. The topological polar surface area (TPSA) is 98.5 Å². The van der Waals surface area contributed by atoms with Crippen LogP contribution in [-0.2, 0) is 14.8 Å². The van der Waals surface area contributed by atoms with Gasteiger partial charge in [-0.25, -0.2) is 17.9 Å². The third-order valence-electron chi connectivity index (χ3n) is 3.63. The van der Waals surface area contributed by atoms with E-state index in [9.17, 15) is 13.2 Å². The molecule has 21 heavy (non-hydrogen) atoms. The number of methoxy groups -OCH3 is 1. The molecule has 1 saturated carbocycles. The minimum Gasteiger partial charge on any atom is -0.465 e. The summed E-state index contributed by atoms with van der Waals surface area (Å²) >= 11 is 4.23. The second kappa shape index (κ2) is 6.33. The zero-order valence-corrected chi connectivity index (χ0v) is 14.7. The van der Waals surface area contributed by atoms with E-state index in [2.05, 4.69) is 25.4 Å². The van der Waals surface area contributed by atoms with Crippen LogP contribution >= 0.6 is 27.3 Å². The maximum atomic E-state index is 12.6. The first kappa shape index (κ1) is 16.9. The number of nitrogens with one attached hydrogen (secondary N) is 1. The van der Waals surface area contributed by atoms with Crippen LogP contribution < -0.4 is 10.5 Å². The van der Waals surface area contributed by atoms with Crippen LogP contribution in [0.4, 0.5) is 0 Å². The molecule has 1 aliphatic rings. The first-order chi connectivity index (χ1) is 9.83. The zero-order chi connectivity index (χ0) is 15.7. The number of thiophene rings is 1. The summed E-state index contributed by atoms with van der Waals surface area (Å²) in [6, 6.07) is 1.32. The second-order valence-electron chi connectivity index (χ2n) is 5.04. The largest absolute Gasteiger partial charge is 0.465 e. The molecular weight excluding hydrogens is 380 g/mol. The Hall–Kier alpha value is -0.480. The Morgan fingerprint density at radius 2 is 2.14 bits per heavy atom. The van der Waals surface area contributed by atoms with Crippen molar-refractivity contribution < 1.29 is 17.9 Å². The SMILES string of the molecule is COC(=O)c1cc(S(=O)(=O)NC2(CN)CCCC2)c(Br)s1. The minimum absolute atomic E-state index is 0.0487. The van der Waals surface area contributed by atoms with Gasteiger partial charge < -0.3 is 10.5 Å². The predicted molar refractivity (Wildman–Crippen MR) is 83.9 cm³/mol. The van der Waals surface area contributed by atoms with Crippen LogP contribution in [0.3, 0.4) is 0 Å². The van der Waals surface area contributed by atoms with Gasteiger partial charge in [-0.1, -0.05) is 12.8 Å². The third-order valence-corrected chi connectivity index (χ3v) is 7.44. The molecule has 0 atom stereocenters. The molecule has 0 aliphatic heterocycles. The van der Waals surface area contributed by atoms with E-state index >= 15 is 0 Å². The molecule has 9 heteroatoms. The lowest BCUT2D eigenvalue weighted by atomic mass is 10.0. The van der Waals surface area contributed by atoms with Crippen molar-refractivity contribution in [2.24, 2.45) is 5.73 Å².